The quantitative estimate of drug-likeness (QED) is 0.679. The summed E-state index contributed by atoms with van der Waals surface area (Å²) in [5.74, 6) is 0. The Balaban J connectivity index is 2.03. The Morgan fingerprint density at radius 1 is 0.684 bits per heavy atom. The zero-order chi connectivity index (χ0) is 13.1. The molecule has 92 valence electrons. The molecule has 0 bridgehead atoms. The molecule has 3 aromatic rings. The van der Waals surface area contributed by atoms with Gasteiger partial charge in [-0.15, -0.1) is 0 Å². The lowest BCUT2D eigenvalue weighted by atomic mass is 10.0. The van der Waals surface area contributed by atoms with Crippen LogP contribution in [0.15, 0.2) is 67.0 Å². The van der Waals surface area contributed by atoms with Crippen LogP contribution in [0.4, 0.5) is 0 Å². The first-order valence-corrected chi connectivity index (χ1v) is 6.27. The van der Waals surface area contributed by atoms with E-state index in [1.807, 2.05) is 30.5 Å². The Labute approximate surface area is 112 Å². The zero-order valence-electron chi connectivity index (χ0n) is 10.7. The molecule has 0 radical (unpaired) electrons. The molecule has 2 heteroatoms. The van der Waals surface area contributed by atoms with Gasteiger partial charge in [0.1, 0.15) is 0 Å². The highest BCUT2D eigenvalue weighted by Gasteiger charge is 2.03. The summed E-state index contributed by atoms with van der Waals surface area (Å²) in [6.45, 7) is 2.09. The van der Waals surface area contributed by atoms with E-state index in [-0.39, 0.29) is 0 Å². The number of aryl methyl sites for hydroxylation is 1. The van der Waals surface area contributed by atoms with Crippen LogP contribution in [0.5, 0.6) is 0 Å². The molecule has 1 aromatic carbocycles. The van der Waals surface area contributed by atoms with Crippen LogP contribution in [0.1, 0.15) is 5.56 Å². The highest BCUT2D eigenvalue weighted by Crippen LogP contribution is 2.23. The van der Waals surface area contributed by atoms with Gasteiger partial charge >= 0.3 is 0 Å². The van der Waals surface area contributed by atoms with E-state index in [0.29, 0.717) is 0 Å². The molecule has 0 amide bonds. The van der Waals surface area contributed by atoms with E-state index in [1.54, 1.807) is 6.20 Å². The van der Waals surface area contributed by atoms with Gasteiger partial charge in [-0.3, -0.25) is 9.97 Å². The Hall–Kier alpha value is -2.48. The first-order chi connectivity index (χ1) is 9.33. The Bertz CT molecular complexity index is 673. The summed E-state index contributed by atoms with van der Waals surface area (Å²) >= 11 is 0. The van der Waals surface area contributed by atoms with Gasteiger partial charge in [0, 0.05) is 12.4 Å². The van der Waals surface area contributed by atoms with E-state index in [4.69, 9.17) is 0 Å². The summed E-state index contributed by atoms with van der Waals surface area (Å²) in [6.07, 6.45) is 3.62. The first kappa shape index (κ1) is 11.6. The van der Waals surface area contributed by atoms with Gasteiger partial charge in [0.15, 0.2) is 0 Å². The number of benzene rings is 1. The molecule has 0 aliphatic rings. The maximum Gasteiger partial charge on any atom is 0.0892 e. The van der Waals surface area contributed by atoms with Crippen LogP contribution in [0.25, 0.3) is 22.5 Å². The molecular formula is C17H14N2. The number of nitrogens with zero attached hydrogens (tertiary/aromatic N) is 2. The molecule has 0 saturated carbocycles. The fourth-order valence-electron chi connectivity index (χ4n) is 2.01. The van der Waals surface area contributed by atoms with Gasteiger partial charge in [-0.25, -0.2) is 0 Å². The molecule has 0 unspecified atom stereocenters. The molecule has 0 fully saturated rings. The number of aromatic nitrogens is 2. The van der Waals surface area contributed by atoms with E-state index in [0.717, 1.165) is 17.0 Å². The molecule has 2 aromatic heterocycles. The average Bonchev–Trinajstić information content (AvgIpc) is 2.49. The lowest BCUT2D eigenvalue weighted by molar-refractivity contribution is 1.25. The van der Waals surface area contributed by atoms with Crippen LogP contribution in [0, 0.1) is 6.92 Å². The number of rotatable bonds is 2. The summed E-state index contributed by atoms with van der Waals surface area (Å²) < 4.78 is 0. The van der Waals surface area contributed by atoms with Crippen LogP contribution in [0.3, 0.4) is 0 Å². The van der Waals surface area contributed by atoms with Gasteiger partial charge in [0.2, 0.25) is 0 Å². The third-order valence-corrected chi connectivity index (χ3v) is 3.07. The van der Waals surface area contributed by atoms with Crippen LogP contribution in [0.2, 0.25) is 0 Å². The number of hydrogen-bond donors (Lipinski definition) is 0. The largest absolute Gasteiger partial charge is 0.255 e. The smallest absolute Gasteiger partial charge is 0.0892 e. The van der Waals surface area contributed by atoms with Gasteiger partial charge in [-0.05, 0) is 42.3 Å². The second kappa shape index (κ2) is 5.02. The summed E-state index contributed by atoms with van der Waals surface area (Å²) in [7, 11) is 0. The van der Waals surface area contributed by atoms with Crippen molar-refractivity contribution >= 4 is 0 Å². The lowest BCUT2D eigenvalue weighted by Crippen LogP contribution is -1.87. The molecule has 0 aliphatic carbocycles. The van der Waals surface area contributed by atoms with Crippen molar-refractivity contribution in [2.24, 2.45) is 0 Å². The molecule has 2 heterocycles. The predicted molar refractivity (Wildman–Crippen MR) is 77.6 cm³/mol. The minimum Gasteiger partial charge on any atom is -0.255 e. The van der Waals surface area contributed by atoms with Gasteiger partial charge in [-0.1, -0.05) is 35.9 Å². The van der Waals surface area contributed by atoms with Gasteiger partial charge in [0.05, 0.1) is 11.4 Å². The van der Waals surface area contributed by atoms with E-state index >= 15 is 0 Å². The highest BCUT2D eigenvalue weighted by molar-refractivity contribution is 5.68. The van der Waals surface area contributed by atoms with Gasteiger partial charge in [0.25, 0.3) is 0 Å². The molecule has 0 aliphatic heterocycles. The summed E-state index contributed by atoms with van der Waals surface area (Å²) in [5, 5.41) is 0. The SMILES string of the molecule is Cc1ccc(-c2ccnc(-c3ccccn3)c2)cc1. The van der Waals surface area contributed by atoms with Crippen molar-refractivity contribution in [1.82, 2.24) is 9.97 Å². The van der Waals surface area contributed by atoms with Gasteiger partial charge < -0.3 is 0 Å². The number of pyridine rings is 2. The molecule has 0 saturated heterocycles. The van der Waals surface area contributed by atoms with Gasteiger partial charge in [-0.2, -0.15) is 0 Å². The normalized spacial score (nSPS) is 10.4. The standard InChI is InChI=1S/C17H14N2/c1-13-5-7-14(8-6-13)15-9-11-19-17(12-15)16-4-2-3-10-18-16/h2-12H,1H3. The monoisotopic (exact) mass is 246 g/mol. The summed E-state index contributed by atoms with van der Waals surface area (Å²) in [5.41, 5.74) is 5.43. The maximum atomic E-state index is 4.39. The fourth-order valence-corrected chi connectivity index (χ4v) is 2.01. The third-order valence-electron chi connectivity index (χ3n) is 3.07. The Morgan fingerprint density at radius 2 is 1.47 bits per heavy atom. The van der Waals surface area contributed by atoms with Crippen molar-refractivity contribution in [3.8, 4) is 22.5 Å². The van der Waals surface area contributed by atoms with Crippen molar-refractivity contribution in [1.29, 1.82) is 0 Å². The molecule has 19 heavy (non-hydrogen) atoms. The highest BCUT2D eigenvalue weighted by atomic mass is 14.8. The molecule has 0 spiro atoms. The average molecular weight is 246 g/mol. The lowest BCUT2D eigenvalue weighted by Gasteiger charge is -2.05. The minimum absolute atomic E-state index is 0.900. The van der Waals surface area contributed by atoms with Crippen LogP contribution in [-0.2, 0) is 0 Å². The fraction of sp³-hybridized carbons (Fsp3) is 0.0588. The molecule has 0 atom stereocenters. The molecular weight excluding hydrogens is 232 g/mol. The van der Waals surface area contributed by atoms with E-state index < -0.39 is 0 Å². The Morgan fingerprint density at radius 3 is 2.21 bits per heavy atom. The third kappa shape index (κ3) is 2.52. The van der Waals surface area contributed by atoms with E-state index in [2.05, 4.69) is 47.2 Å². The maximum absolute atomic E-state index is 4.39. The number of hydrogen-bond acceptors (Lipinski definition) is 2. The van der Waals surface area contributed by atoms with Crippen LogP contribution in [-0.4, -0.2) is 9.97 Å². The van der Waals surface area contributed by atoms with Crippen molar-refractivity contribution in [2.75, 3.05) is 0 Å². The molecule has 2 nitrogen and oxygen atoms in total. The van der Waals surface area contributed by atoms with Crippen molar-refractivity contribution in [2.45, 2.75) is 6.92 Å². The van der Waals surface area contributed by atoms with E-state index in [1.165, 1.54) is 11.1 Å². The van der Waals surface area contributed by atoms with Crippen molar-refractivity contribution in [3.05, 3.63) is 72.6 Å². The predicted octanol–water partition coefficient (Wildman–Crippen LogP) is 4.12. The second-order valence-corrected chi connectivity index (χ2v) is 4.51. The van der Waals surface area contributed by atoms with Crippen LogP contribution < -0.4 is 0 Å². The molecule has 3 rings (SSSR count). The Kier molecular flexibility index (Phi) is 3.07. The minimum atomic E-state index is 0.900. The van der Waals surface area contributed by atoms with Crippen molar-refractivity contribution < 1.29 is 0 Å². The zero-order valence-corrected chi connectivity index (χ0v) is 10.7. The second-order valence-electron chi connectivity index (χ2n) is 4.51. The van der Waals surface area contributed by atoms with E-state index in [9.17, 15) is 0 Å². The molecule has 0 N–H and O–H groups in total. The topological polar surface area (TPSA) is 25.8 Å². The van der Waals surface area contributed by atoms with Crippen LogP contribution >= 0.6 is 0 Å². The first-order valence-electron chi connectivity index (χ1n) is 6.27. The summed E-state index contributed by atoms with van der Waals surface area (Å²) in [6, 6.07) is 18.5. The van der Waals surface area contributed by atoms with Crippen molar-refractivity contribution in [3.63, 3.8) is 0 Å². The summed E-state index contributed by atoms with van der Waals surface area (Å²) in [4.78, 5) is 8.73.